The van der Waals surface area contributed by atoms with Gasteiger partial charge in [-0.25, -0.2) is 0 Å². The molecule has 3 aromatic carbocycles. The number of amides is 1. The highest BCUT2D eigenvalue weighted by Crippen LogP contribution is 2.29. The maximum absolute atomic E-state index is 13.1. The number of benzene rings is 3. The third-order valence-corrected chi connectivity index (χ3v) is 5.89. The van der Waals surface area contributed by atoms with Gasteiger partial charge in [0.25, 0.3) is 5.91 Å². The molecule has 1 amide bonds. The summed E-state index contributed by atoms with van der Waals surface area (Å²) in [6.45, 7) is 1.76. The van der Waals surface area contributed by atoms with Crippen molar-refractivity contribution >= 4 is 22.5 Å². The second kappa shape index (κ2) is 8.64. The smallest absolute Gasteiger partial charge is 0.259 e. The van der Waals surface area contributed by atoms with E-state index in [4.69, 9.17) is 4.74 Å². The van der Waals surface area contributed by atoms with E-state index in [1.165, 1.54) is 0 Å². The predicted molar refractivity (Wildman–Crippen MR) is 120 cm³/mol. The van der Waals surface area contributed by atoms with Gasteiger partial charge in [0.1, 0.15) is 17.1 Å². The molecule has 2 unspecified atom stereocenters. The van der Waals surface area contributed by atoms with Crippen LogP contribution in [0.2, 0.25) is 0 Å². The number of nitrogens with one attached hydrogen (secondary N) is 1. The van der Waals surface area contributed by atoms with Gasteiger partial charge in [0.2, 0.25) is 0 Å². The number of aliphatic hydroxyl groups is 1. The first-order valence-corrected chi connectivity index (χ1v) is 10.4. The monoisotopic (exact) mass is 415 g/mol. The van der Waals surface area contributed by atoms with E-state index in [1.54, 1.807) is 14.0 Å². The molecule has 0 bridgehead atoms. The second-order valence-electron chi connectivity index (χ2n) is 7.87. The van der Waals surface area contributed by atoms with Crippen molar-refractivity contribution in [2.24, 2.45) is 0 Å². The van der Waals surface area contributed by atoms with Gasteiger partial charge in [0, 0.05) is 5.92 Å². The van der Waals surface area contributed by atoms with Crippen LogP contribution in [0.1, 0.15) is 30.4 Å². The van der Waals surface area contributed by atoms with Gasteiger partial charge in [0.05, 0.1) is 13.2 Å². The molecular formula is C26H25NO4. The van der Waals surface area contributed by atoms with Crippen LogP contribution in [0, 0.1) is 0 Å². The van der Waals surface area contributed by atoms with Crippen molar-refractivity contribution in [1.29, 1.82) is 0 Å². The van der Waals surface area contributed by atoms with Gasteiger partial charge < -0.3 is 15.2 Å². The lowest BCUT2D eigenvalue weighted by Gasteiger charge is -2.13. The van der Waals surface area contributed by atoms with Crippen LogP contribution in [0.3, 0.4) is 0 Å². The number of carbonyl (C=O) groups is 2. The molecule has 3 aromatic rings. The predicted octanol–water partition coefficient (Wildman–Crippen LogP) is 4.46. The second-order valence-corrected chi connectivity index (χ2v) is 7.87. The summed E-state index contributed by atoms with van der Waals surface area (Å²) >= 11 is 0. The van der Waals surface area contributed by atoms with Gasteiger partial charge in [-0.2, -0.15) is 0 Å². The molecule has 5 heteroatoms. The highest BCUT2D eigenvalue weighted by Gasteiger charge is 2.37. The molecule has 0 aliphatic carbocycles. The maximum atomic E-state index is 13.1. The summed E-state index contributed by atoms with van der Waals surface area (Å²) < 4.78 is 5.25. The Morgan fingerprint density at radius 1 is 1.06 bits per heavy atom. The topological polar surface area (TPSA) is 75.6 Å². The number of hydrogen-bond donors (Lipinski definition) is 2. The van der Waals surface area contributed by atoms with Crippen molar-refractivity contribution in [2.75, 3.05) is 7.11 Å². The Morgan fingerprint density at radius 2 is 1.77 bits per heavy atom. The van der Waals surface area contributed by atoms with Crippen LogP contribution in [0.15, 0.2) is 78.1 Å². The van der Waals surface area contributed by atoms with Gasteiger partial charge in [0.15, 0.2) is 5.78 Å². The van der Waals surface area contributed by atoms with E-state index in [-0.39, 0.29) is 17.1 Å². The SMILES string of the molecule is COc1ccc2cc(C(C)C(=O)C3=C(O)C(CCc4ccccc4)NC3=O)ccc2c1. The molecule has 5 nitrogen and oxygen atoms in total. The quantitative estimate of drug-likeness (QED) is 0.559. The van der Waals surface area contributed by atoms with Crippen molar-refractivity contribution in [2.45, 2.75) is 31.7 Å². The minimum atomic E-state index is -0.553. The molecule has 0 saturated carbocycles. The molecular weight excluding hydrogens is 390 g/mol. The molecule has 0 fully saturated rings. The molecule has 4 rings (SSSR count). The molecule has 2 N–H and O–H groups in total. The van der Waals surface area contributed by atoms with E-state index >= 15 is 0 Å². The summed E-state index contributed by atoms with van der Waals surface area (Å²) in [5, 5.41) is 15.4. The number of hydrogen-bond acceptors (Lipinski definition) is 4. The fraction of sp³-hybridized carbons (Fsp3) is 0.231. The first-order valence-electron chi connectivity index (χ1n) is 10.4. The summed E-state index contributed by atoms with van der Waals surface area (Å²) in [6, 6.07) is 20.8. The number of ether oxygens (including phenoxy) is 1. The number of aryl methyl sites for hydroxylation is 1. The maximum Gasteiger partial charge on any atom is 0.259 e. The molecule has 0 saturated heterocycles. The molecule has 2 atom stereocenters. The molecule has 1 aliphatic rings. The third kappa shape index (κ3) is 4.17. The number of ketones is 1. The lowest BCUT2D eigenvalue weighted by molar-refractivity contribution is -0.122. The minimum absolute atomic E-state index is 0.125. The Kier molecular flexibility index (Phi) is 5.76. The standard InChI is InChI=1S/C26H25NO4/c1-16(18-9-10-20-15-21(31-2)12-11-19(20)14-18)24(28)23-25(29)22(27-26(23)30)13-8-17-6-4-3-5-7-17/h3-7,9-12,14-16,22,29H,8,13H2,1-2H3,(H,27,30). The highest BCUT2D eigenvalue weighted by atomic mass is 16.5. The summed E-state index contributed by atoms with van der Waals surface area (Å²) in [5.74, 6) is -0.808. The van der Waals surface area contributed by atoms with E-state index in [1.807, 2.05) is 66.7 Å². The Balaban J connectivity index is 1.53. The third-order valence-electron chi connectivity index (χ3n) is 5.89. The number of methoxy groups -OCH3 is 1. The van der Waals surface area contributed by atoms with Crippen LogP contribution in [0.4, 0.5) is 0 Å². The number of fused-ring (bicyclic) bond motifs is 1. The van der Waals surface area contributed by atoms with Crippen molar-refractivity contribution in [3.63, 3.8) is 0 Å². The van der Waals surface area contributed by atoms with E-state index in [0.29, 0.717) is 12.8 Å². The van der Waals surface area contributed by atoms with Gasteiger partial charge in [-0.05, 0) is 46.9 Å². The van der Waals surface area contributed by atoms with E-state index in [0.717, 1.165) is 27.6 Å². The molecule has 0 radical (unpaired) electrons. The summed E-state index contributed by atoms with van der Waals surface area (Å²) in [5.41, 5.74) is 1.79. The molecule has 158 valence electrons. The molecule has 1 heterocycles. The lowest BCUT2D eigenvalue weighted by Crippen LogP contribution is -2.30. The van der Waals surface area contributed by atoms with Crippen LogP contribution in [0.5, 0.6) is 5.75 Å². The summed E-state index contributed by atoms with van der Waals surface area (Å²) in [7, 11) is 1.62. The zero-order valence-corrected chi connectivity index (χ0v) is 17.6. The van der Waals surface area contributed by atoms with Crippen molar-refractivity contribution in [3.05, 3.63) is 89.2 Å². The van der Waals surface area contributed by atoms with Crippen molar-refractivity contribution < 1.29 is 19.4 Å². The van der Waals surface area contributed by atoms with Gasteiger partial charge in [-0.1, -0.05) is 61.5 Å². The largest absolute Gasteiger partial charge is 0.509 e. The Bertz CT molecular complexity index is 1170. The number of Topliss-reactive ketones (excluding diaryl/α,β-unsaturated/α-hetero) is 1. The van der Waals surface area contributed by atoms with E-state index in [2.05, 4.69) is 5.32 Å². The zero-order chi connectivity index (χ0) is 22.0. The minimum Gasteiger partial charge on any atom is -0.509 e. The van der Waals surface area contributed by atoms with Gasteiger partial charge in [-0.15, -0.1) is 0 Å². The van der Waals surface area contributed by atoms with Gasteiger partial charge in [-0.3, -0.25) is 9.59 Å². The fourth-order valence-electron chi connectivity index (χ4n) is 4.00. The first-order chi connectivity index (χ1) is 15.0. The molecule has 31 heavy (non-hydrogen) atoms. The number of rotatable bonds is 7. The first kappa shape index (κ1) is 20.7. The van der Waals surface area contributed by atoms with E-state index < -0.39 is 17.9 Å². The lowest BCUT2D eigenvalue weighted by atomic mass is 9.90. The van der Waals surface area contributed by atoms with Crippen LogP contribution >= 0.6 is 0 Å². The fourth-order valence-corrected chi connectivity index (χ4v) is 4.00. The van der Waals surface area contributed by atoms with Crippen LogP contribution < -0.4 is 10.1 Å². The van der Waals surface area contributed by atoms with Gasteiger partial charge >= 0.3 is 0 Å². The Morgan fingerprint density at radius 3 is 2.52 bits per heavy atom. The van der Waals surface area contributed by atoms with Crippen molar-refractivity contribution in [3.8, 4) is 5.75 Å². The molecule has 1 aliphatic heterocycles. The summed E-state index contributed by atoms with van der Waals surface area (Å²) in [4.78, 5) is 25.6. The summed E-state index contributed by atoms with van der Waals surface area (Å²) in [6.07, 6.45) is 1.23. The average molecular weight is 415 g/mol. The Labute approximate surface area is 181 Å². The number of aliphatic hydroxyl groups excluding tert-OH is 1. The highest BCUT2D eigenvalue weighted by molar-refractivity contribution is 6.23. The van der Waals surface area contributed by atoms with Crippen LogP contribution in [-0.4, -0.2) is 29.9 Å². The van der Waals surface area contributed by atoms with Crippen molar-refractivity contribution in [1.82, 2.24) is 5.32 Å². The van der Waals surface area contributed by atoms with E-state index in [9.17, 15) is 14.7 Å². The zero-order valence-electron chi connectivity index (χ0n) is 17.6. The van der Waals surface area contributed by atoms with Crippen LogP contribution in [0.25, 0.3) is 10.8 Å². The molecule has 0 spiro atoms. The average Bonchev–Trinajstić information content (AvgIpc) is 3.09. The number of carbonyl (C=O) groups excluding carboxylic acids is 2. The Hall–Kier alpha value is -3.60. The molecule has 0 aromatic heterocycles. The van der Waals surface area contributed by atoms with Crippen LogP contribution in [-0.2, 0) is 16.0 Å². The normalized spacial score (nSPS) is 17.0.